The van der Waals surface area contributed by atoms with E-state index in [4.69, 9.17) is 11.6 Å². The van der Waals surface area contributed by atoms with Crippen LogP contribution in [0.5, 0.6) is 0 Å². The van der Waals surface area contributed by atoms with Gasteiger partial charge in [-0.3, -0.25) is 4.68 Å². The Hall–Kier alpha value is -1.15. The van der Waals surface area contributed by atoms with E-state index >= 15 is 0 Å². The lowest BCUT2D eigenvalue weighted by Crippen LogP contribution is -2.07. The Labute approximate surface area is 135 Å². The third kappa shape index (κ3) is 2.67. The van der Waals surface area contributed by atoms with Crippen LogP contribution in [0.15, 0.2) is 24.5 Å². The molecule has 0 unspecified atom stereocenters. The number of hydrogen-bond acceptors (Lipinski definition) is 3. The molecular weight excluding hydrogens is 389 g/mol. The molecule has 7 heteroatoms. The summed E-state index contributed by atoms with van der Waals surface area (Å²) in [5, 5.41) is 4.33. The van der Waals surface area contributed by atoms with Gasteiger partial charge in [-0.05, 0) is 40.8 Å². The van der Waals surface area contributed by atoms with E-state index in [0.29, 0.717) is 12.4 Å². The molecule has 0 fully saturated rings. The van der Waals surface area contributed by atoms with Crippen molar-refractivity contribution in [2.24, 2.45) is 7.05 Å². The zero-order valence-electron chi connectivity index (χ0n) is 10.9. The van der Waals surface area contributed by atoms with Gasteiger partial charge in [0.05, 0.1) is 17.6 Å². The van der Waals surface area contributed by atoms with Crippen molar-refractivity contribution in [3.63, 3.8) is 0 Å². The molecule has 0 aliphatic carbocycles. The van der Waals surface area contributed by atoms with Crippen LogP contribution in [-0.2, 0) is 20.0 Å². The number of nitrogens with zero attached hydrogens (tertiary/aromatic N) is 5. The summed E-state index contributed by atoms with van der Waals surface area (Å²) in [6, 6.07) is 6.25. The van der Waals surface area contributed by atoms with E-state index in [1.807, 2.05) is 7.05 Å². The predicted molar refractivity (Wildman–Crippen MR) is 87.0 cm³/mol. The first-order valence-corrected chi connectivity index (χ1v) is 7.84. The second-order valence-electron chi connectivity index (χ2n) is 4.52. The minimum absolute atomic E-state index is 0.552. The highest BCUT2D eigenvalue weighted by Crippen LogP contribution is 2.20. The number of fused-ring (bicyclic) bond motifs is 1. The zero-order valence-corrected chi connectivity index (χ0v) is 13.8. The van der Waals surface area contributed by atoms with Crippen LogP contribution in [0.25, 0.3) is 11.0 Å². The second-order valence-corrected chi connectivity index (χ2v) is 6.14. The van der Waals surface area contributed by atoms with Crippen molar-refractivity contribution < 1.29 is 0 Å². The summed E-state index contributed by atoms with van der Waals surface area (Å²) < 4.78 is 5.02. The third-order valence-electron chi connectivity index (χ3n) is 3.05. The molecule has 0 radical (unpaired) electrons. The van der Waals surface area contributed by atoms with Gasteiger partial charge in [-0.15, -0.1) is 11.6 Å². The number of rotatable bonds is 4. The molecule has 0 atom stereocenters. The normalized spacial score (nSPS) is 11.3. The Bertz CT molecular complexity index is 748. The fourth-order valence-electron chi connectivity index (χ4n) is 2.20. The van der Waals surface area contributed by atoms with Gasteiger partial charge < -0.3 is 4.57 Å². The molecule has 1 aromatic carbocycles. The van der Waals surface area contributed by atoms with Gasteiger partial charge in [-0.2, -0.15) is 5.10 Å². The molecule has 0 amide bonds. The van der Waals surface area contributed by atoms with Crippen LogP contribution in [0.2, 0.25) is 0 Å². The maximum atomic E-state index is 5.88. The summed E-state index contributed by atoms with van der Waals surface area (Å²) in [5.41, 5.74) is 2.09. The Balaban J connectivity index is 2.08. The molecule has 3 aromatic rings. The van der Waals surface area contributed by atoms with E-state index in [1.165, 1.54) is 3.57 Å². The average Bonchev–Trinajstić information content (AvgIpc) is 2.95. The van der Waals surface area contributed by atoms with Crippen LogP contribution in [0.4, 0.5) is 0 Å². The molecule has 104 valence electrons. The largest absolute Gasteiger partial charge is 0.320 e. The van der Waals surface area contributed by atoms with Crippen LogP contribution in [-0.4, -0.2) is 30.2 Å². The quantitative estimate of drug-likeness (QED) is 0.499. The van der Waals surface area contributed by atoms with E-state index in [9.17, 15) is 0 Å². The lowest BCUT2D eigenvalue weighted by atomic mass is 10.3. The SMILES string of the molecule is Cn1cnc(Cn2c(CCCl)nc3cc(I)ccc32)n1. The Morgan fingerprint density at radius 2 is 2.20 bits per heavy atom. The number of halogens is 2. The van der Waals surface area contributed by atoms with E-state index in [-0.39, 0.29) is 0 Å². The topological polar surface area (TPSA) is 48.5 Å². The van der Waals surface area contributed by atoms with Crippen LogP contribution in [0.1, 0.15) is 11.6 Å². The second kappa shape index (κ2) is 5.69. The Kier molecular flexibility index (Phi) is 3.93. The minimum Gasteiger partial charge on any atom is -0.320 e. The molecule has 3 rings (SSSR count). The summed E-state index contributed by atoms with van der Waals surface area (Å²) >= 11 is 8.18. The van der Waals surface area contributed by atoms with Crippen molar-refractivity contribution in [3.05, 3.63) is 39.7 Å². The maximum Gasteiger partial charge on any atom is 0.170 e. The fraction of sp³-hybridized carbons (Fsp3) is 0.308. The van der Waals surface area contributed by atoms with Gasteiger partial charge in [-0.25, -0.2) is 9.97 Å². The molecular formula is C13H13ClIN5. The predicted octanol–water partition coefficient (Wildman–Crippen LogP) is 2.60. The van der Waals surface area contributed by atoms with Crippen LogP contribution >= 0.6 is 34.2 Å². The van der Waals surface area contributed by atoms with E-state index in [2.05, 4.69) is 60.4 Å². The monoisotopic (exact) mass is 401 g/mol. The summed E-state index contributed by atoms with van der Waals surface area (Å²) in [5.74, 6) is 2.31. The molecule has 0 aliphatic heterocycles. The van der Waals surface area contributed by atoms with E-state index in [1.54, 1.807) is 11.0 Å². The van der Waals surface area contributed by atoms with Crippen molar-refractivity contribution in [1.29, 1.82) is 0 Å². The van der Waals surface area contributed by atoms with Gasteiger partial charge >= 0.3 is 0 Å². The van der Waals surface area contributed by atoms with Gasteiger partial charge in [0.15, 0.2) is 5.82 Å². The van der Waals surface area contributed by atoms with Gasteiger partial charge in [0.2, 0.25) is 0 Å². The molecule has 0 bridgehead atoms. The number of aryl methyl sites for hydroxylation is 2. The zero-order chi connectivity index (χ0) is 14.1. The number of imidazole rings is 1. The Morgan fingerprint density at radius 3 is 2.90 bits per heavy atom. The standard InChI is InChI=1S/C13H13ClIN5/c1-19-8-16-12(18-19)7-20-11-3-2-9(15)6-10(11)17-13(20)4-5-14/h2-3,6,8H,4-5,7H2,1H3. The summed E-state index contributed by atoms with van der Waals surface area (Å²) in [7, 11) is 1.87. The van der Waals surface area contributed by atoms with E-state index < -0.39 is 0 Å². The minimum atomic E-state index is 0.552. The summed E-state index contributed by atoms with van der Waals surface area (Å²) in [6.07, 6.45) is 2.44. The molecule has 0 saturated carbocycles. The van der Waals surface area contributed by atoms with E-state index in [0.717, 1.165) is 29.1 Å². The van der Waals surface area contributed by atoms with Gasteiger partial charge in [0.25, 0.3) is 0 Å². The number of benzene rings is 1. The van der Waals surface area contributed by atoms with Gasteiger partial charge in [0.1, 0.15) is 12.2 Å². The highest BCUT2D eigenvalue weighted by atomic mass is 127. The molecule has 0 aliphatic rings. The summed E-state index contributed by atoms with van der Waals surface area (Å²) in [6.45, 7) is 0.615. The molecule has 5 nitrogen and oxygen atoms in total. The van der Waals surface area contributed by atoms with Crippen molar-refractivity contribution in [2.75, 3.05) is 5.88 Å². The first-order valence-electron chi connectivity index (χ1n) is 6.22. The smallest absolute Gasteiger partial charge is 0.170 e. The highest BCUT2D eigenvalue weighted by molar-refractivity contribution is 14.1. The molecule has 0 saturated heterocycles. The third-order valence-corrected chi connectivity index (χ3v) is 3.91. The lowest BCUT2D eigenvalue weighted by molar-refractivity contribution is 0.688. The van der Waals surface area contributed by atoms with Crippen molar-refractivity contribution in [2.45, 2.75) is 13.0 Å². The molecule has 2 heterocycles. The number of hydrogen-bond donors (Lipinski definition) is 0. The average molecular weight is 402 g/mol. The van der Waals surface area contributed by atoms with Crippen LogP contribution in [0.3, 0.4) is 0 Å². The maximum absolute atomic E-state index is 5.88. The van der Waals surface area contributed by atoms with Crippen LogP contribution in [0, 0.1) is 3.57 Å². The molecule has 0 spiro atoms. The fourth-order valence-corrected chi connectivity index (χ4v) is 2.85. The lowest BCUT2D eigenvalue weighted by Gasteiger charge is -2.05. The van der Waals surface area contributed by atoms with Gasteiger partial charge in [-0.1, -0.05) is 0 Å². The summed E-state index contributed by atoms with van der Waals surface area (Å²) in [4.78, 5) is 8.96. The molecule has 2 aromatic heterocycles. The number of aromatic nitrogens is 5. The van der Waals surface area contributed by atoms with Crippen molar-refractivity contribution in [3.8, 4) is 0 Å². The van der Waals surface area contributed by atoms with Crippen molar-refractivity contribution in [1.82, 2.24) is 24.3 Å². The first-order chi connectivity index (χ1) is 9.67. The molecule has 0 N–H and O–H groups in total. The Morgan fingerprint density at radius 1 is 1.35 bits per heavy atom. The van der Waals surface area contributed by atoms with Crippen molar-refractivity contribution >= 4 is 45.2 Å². The number of alkyl halides is 1. The van der Waals surface area contributed by atoms with Gasteiger partial charge in [0, 0.05) is 22.9 Å². The highest BCUT2D eigenvalue weighted by Gasteiger charge is 2.12. The first kappa shape index (κ1) is 13.8. The van der Waals surface area contributed by atoms with Crippen LogP contribution < -0.4 is 0 Å². The molecule has 20 heavy (non-hydrogen) atoms.